The van der Waals surface area contributed by atoms with Crippen molar-refractivity contribution in [2.24, 2.45) is 0 Å². The van der Waals surface area contributed by atoms with Gasteiger partial charge in [-0.1, -0.05) is 0 Å². The van der Waals surface area contributed by atoms with Crippen LogP contribution in [0.5, 0.6) is 0 Å². The van der Waals surface area contributed by atoms with Crippen molar-refractivity contribution in [3.63, 3.8) is 0 Å². The highest BCUT2D eigenvalue weighted by Crippen LogP contribution is 2.37. The molecule has 0 amide bonds. The molecule has 1 aromatic heterocycles. The summed E-state index contributed by atoms with van der Waals surface area (Å²) in [7, 11) is 0. The summed E-state index contributed by atoms with van der Waals surface area (Å²) < 4.78 is 7.65. The largest absolute Gasteiger partial charge is 0.388 e. The molecule has 96 valence electrons. The number of ether oxygens (including phenoxy) is 1. The second-order valence-corrected chi connectivity index (χ2v) is 8.11. The third kappa shape index (κ3) is 4.03. The van der Waals surface area contributed by atoms with Crippen LogP contribution in [0, 0.1) is 0 Å². The zero-order valence-electron chi connectivity index (χ0n) is 9.49. The van der Waals surface area contributed by atoms with E-state index < -0.39 is 0 Å². The highest BCUT2D eigenvalue weighted by Gasteiger charge is 2.18. The Hall–Kier alpha value is 0.580. The molecule has 1 fully saturated rings. The summed E-state index contributed by atoms with van der Waals surface area (Å²) >= 11 is 8.52. The lowest BCUT2D eigenvalue weighted by Crippen LogP contribution is -2.05. The molecule has 1 N–H and O–H groups in total. The van der Waals surface area contributed by atoms with Gasteiger partial charge in [-0.05, 0) is 70.0 Å². The number of aliphatic hydroxyl groups is 1. The second kappa shape index (κ2) is 6.66. The lowest BCUT2D eigenvalue weighted by Gasteiger charge is -2.12. The number of thiophene rings is 1. The molecule has 1 aliphatic rings. The topological polar surface area (TPSA) is 29.5 Å². The van der Waals surface area contributed by atoms with Crippen molar-refractivity contribution in [3.05, 3.63) is 19.2 Å². The van der Waals surface area contributed by atoms with E-state index in [1.807, 2.05) is 6.07 Å². The van der Waals surface area contributed by atoms with E-state index in [4.69, 9.17) is 4.74 Å². The van der Waals surface area contributed by atoms with Gasteiger partial charge in [0.2, 0.25) is 0 Å². The summed E-state index contributed by atoms with van der Waals surface area (Å²) in [5.74, 6) is 0. The average molecular weight is 384 g/mol. The summed E-state index contributed by atoms with van der Waals surface area (Å²) in [5, 5.41) is 10.1. The minimum atomic E-state index is -0.367. The molecule has 0 spiro atoms. The minimum absolute atomic E-state index is 0.367. The Balaban J connectivity index is 1.76. The second-order valence-electron chi connectivity index (χ2n) is 4.36. The predicted molar refractivity (Wildman–Crippen MR) is 77.5 cm³/mol. The quantitative estimate of drug-likeness (QED) is 0.801. The van der Waals surface area contributed by atoms with E-state index in [1.165, 1.54) is 12.8 Å². The summed E-state index contributed by atoms with van der Waals surface area (Å²) in [6, 6.07) is 1.99. The van der Waals surface area contributed by atoms with Crippen molar-refractivity contribution in [1.82, 2.24) is 0 Å². The molecule has 0 saturated carbocycles. The Morgan fingerprint density at radius 3 is 2.94 bits per heavy atom. The SMILES string of the molecule is OC(CCCC1CCCO1)c1cc(Br)sc1Br. The summed E-state index contributed by atoms with van der Waals surface area (Å²) in [5.41, 5.74) is 0.995. The molecule has 0 aliphatic carbocycles. The number of aliphatic hydroxyl groups excluding tert-OH is 1. The van der Waals surface area contributed by atoms with E-state index in [1.54, 1.807) is 11.3 Å². The zero-order valence-corrected chi connectivity index (χ0v) is 13.5. The third-order valence-corrected chi connectivity index (χ3v) is 5.46. The molecule has 1 saturated heterocycles. The Morgan fingerprint density at radius 1 is 1.53 bits per heavy atom. The fourth-order valence-electron chi connectivity index (χ4n) is 2.15. The van der Waals surface area contributed by atoms with Gasteiger partial charge in [0.1, 0.15) is 0 Å². The van der Waals surface area contributed by atoms with Crippen LogP contribution in [0.1, 0.15) is 43.8 Å². The van der Waals surface area contributed by atoms with E-state index >= 15 is 0 Å². The highest BCUT2D eigenvalue weighted by atomic mass is 79.9. The molecule has 2 atom stereocenters. The van der Waals surface area contributed by atoms with Gasteiger partial charge in [0.15, 0.2) is 0 Å². The molecule has 2 rings (SSSR count). The van der Waals surface area contributed by atoms with Gasteiger partial charge in [0.05, 0.1) is 19.8 Å². The average Bonchev–Trinajstić information content (AvgIpc) is 2.88. The number of hydrogen-bond acceptors (Lipinski definition) is 3. The molecular weight excluding hydrogens is 368 g/mol. The van der Waals surface area contributed by atoms with Gasteiger partial charge in [0.25, 0.3) is 0 Å². The first-order chi connectivity index (χ1) is 8.16. The van der Waals surface area contributed by atoms with Gasteiger partial charge in [-0.25, -0.2) is 0 Å². The Kier molecular flexibility index (Phi) is 5.49. The molecule has 1 aromatic rings. The fraction of sp³-hybridized carbons (Fsp3) is 0.667. The van der Waals surface area contributed by atoms with E-state index in [9.17, 15) is 5.11 Å². The van der Waals surface area contributed by atoms with Crippen LogP contribution in [0.25, 0.3) is 0 Å². The van der Waals surface area contributed by atoms with Crippen LogP contribution in [0.2, 0.25) is 0 Å². The van der Waals surface area contributed by atoms with Crippen LogP contribution in [-0.2, 0) is 4.74 Å². The first-order valence-electron chi connectivity index (χ1n) is 5.91. The monoisotopic (exact) mass is 382 g/mol. The maximum Gasteiger partial charge on any atom is 0.0809 e. The van der Waals surface area contributed by atoms with Crippen molar-refractivity contribution in [3.8, 4) is 0 Å². The van der Waals surface area contributed by atoms with Crippen LogP contribution in [0.3, 0.4) is 0 Å². The van der Waals surface area contributed by atoms with Crippen molar-refractivity contribution in [2.45, 2.75) is 44.3 Å². The molecule has 17 heavy (non-hydrogen) atoms. The van der Waals surface area contributed by atoms with E-state index in [0.29, 0.717) is 6.10 Å². The van der Waals surface area contributed by atoms with Crippen LogP contribution in [-0.4, -0.2) is 17.8 Å². The van der Waals surface area contributed by atoms with Gasteiger partial charge in [-0.15, -0.1) is 11.3 Å². The maximum absolute atomic E-state index is 10.1. The smallest absolute Gasteiger partial charge is 0.0809 e. The zero-order chi connectivity index (χ0) is 12.3. The summed E-state index contributed by atoms with van der Waals surface area (Å²) in [6.07, 6.45) is 5.33. The third-order valence-electron chi connectivity index (χ3n) is 3.07. The normalized spacial score (nSPS) is 21.9. The molecule has 2 nitrogen and oxygen atoms in total. The molecule has 5 heteroatoms. The standard InChI is InChI=1S/C12H16Br2O2S/c13-11-7-9(12(14)17-11)10(15)5-1-3-8-4-2-6-16-8/h7-8,10,15H,1-6H2. The van der Waals surface area contributed by atoms with Crippen LogP contribution < -0.4 is 0 Å². The van der Waals surface area contributed by atoms with Crippen LogP contribution in [0.15, 0.2) is 13.6 Å². The lowest BCUT2D eigenvalue weighted by molar-refractivity contribution is 0.0944. The first-order valence-corrected chi connectivity index (χ1v) is 8.31. The first kappa shape index (κ1) is 14.0. The number of halogens is 2. The van der Waals surface area contributed by atoms with Crippen molar-refractivity contribution < 1.29 is 9.84 Å². The summed E-state index contributed by atoms with van der Waals surface area (Å²) in [4.78, 5) is 0. The van der Waals surface area contributed by atoms with Gasteiger partial charge in [0, 0.05) is 12.2 Å². The maximum atomic E-state index is 10.1. The highest BCUT2D eigenvalue weighted by molar-refractivity contribution is 9.12. The van der Waals surface area contributed by atoms with Crippen LogP contribution in [0.4, 0.5) is 0 Å². The Bertz CT molecular complexity index is 361. The fourth-order valence-corrected chi connectivity index (χ4v) is 5.10. The van der Waals surface area contributed by atoms with Gasteiger partial charge >= 0.3 is 0 Å². The molecule has 2 heterocycles. The van der Waals surface area contributed by atoms with E-state index in [-0.39, 0.29) is 6.10 Å². The molecule has 0 radical (unpaired) electrons. The van der Waals surface area contributed by atoms with Crippen molar-refractivity contribution >= 4 is 43.2 Å². The van der Waals surface area contributed by atoms with Gasteiger partial charge in [-0.2, -0.15) is 0 Å². The predicted octanol–water partition coefficient (Wildman–Crippen LogP) is 4.66. The molecule has 1 aliphatic heterocycles. The Labute approximate surface area is 123 Å². The van der Waals surface area contributed by atoms with E-state index in [2.05, 4.69) is 31.9 Å². The van der Waals surface area contributed by atoms with Crippen molar-refractivity contribution in [1.29, 1.82) is 0 Å². The van der Waals surface area contributed by atoms with E-state index in [0.717, 1.165) is 39.0 Å². The molecule has 2 unspecified atom stereocenters. The van der Waals surface area contributed by atoms with Gasteiger partial charge in [-0.3, -0.25) is 0 Å². The number of rotatable bonds is 5. The minimum Gasteiger partial charge on any atom is -0.388 e. The number of hydrogen-bond donors (Lipinski definition) is 1. The Morgan fingerprint density at radius 2 is 2.35 bits per heavy atom. The van der Waals surface area contributed by atoms with Gasteiger partial charge < -0.3 is 9.84 Å². The van der Waals surface area contributed by atoms with Crippen LogP contribution >= 0.6 is 43.2 Å². The lowest BCUT2D eigenvalue weighted by atomic mass is 10.0. The molecule has 0 aromatic carbocycles. The summed E-state index contributed by atoms with van der Waals surface area (Å²) in [6.45, 7) is 0.913. The molecular formula is C12H16Br2O2S. The van der Waals surface area contributed by atoms with Crippen molar-refractivity contribution in [2.75, 3.05) is 6.61 Å². The molecule has 0 bridgehead atoms.